The summed E-state index contributed by atoms with van der Waals surface area (Å²) < 4.78 is 26.8. The van der Waals surface area contributed by atoms with Crippen LogP contribution in [0.3, 0.4) is 0 Å². The number of amides is 1. The van der Waals surface area contributed by atoms with E-state index in [9.17, 15) is 13.2 Å². The molecule has 9 heteroatoms. The van der Waals surface area contributed by atoms with Crippen LogP contribution in [0.2, 0.25) is 0 Å². The molecule has 1 aliphatic rings. The summed E-state index contributed by atoms with van der Waals surface area (Å²) in [6, 6.07) is 5.82. The van der Waals surface area contributed by atoms with Crippen molar-refractivity contribution in [2.45, 2.75) is 37.5 Å². The van der Waals surface area contributed by atoms with E-state index in [1.807, 2.05) is 13.8 Å². The monoisotopic (exact) mass is 380 g/mol. The van der Waals surface area contributed by atoms with Crippen LogP contribution in [0.4, 0.5) is 5.13 Å². The van der Waals surface area contributed by atoms with Crippen LogP contribution >= 0.6 is 11.3 Å². The highest BCUT2D eigenvalue weighted by atomic mass is 32.2. The number of sulfonamides is 1. The highest BCUT2D eigenvalue weighted by Crippen LogP contribution is 2.42. The summed E-state index contributed by atoms with van der Waals surface area (Å²) >= 11 is 1.38. The molecule has 0 spiro atoms. The first-order valence-corrected chi connectivity index (χ1v) is 10.4. The predicted octanol–water partition coefficient (Wildman–Crippen LogP) is 2.60. The van der Waals surface area contributed by atoms with E-state index in [1.165, 1.54) is 35.6 Å². The van der Waals surface area contributed by atoms with E-state index in [2.05, 4.69) is 20.2 Å². The van der Waals surface area contributed by atoms with Gasteiger partial charge in [-0.15, -0.1) is 10.2 Å². The first-order valence-electron chi connectivity index (χ1n) is 8.09. The van der Waals surface area contributed by atoms with Gasteiger partial charge in [-0.3, -0.25) is 10.1 Å². The third-order valence-electron chi connectivity index (χ3n) is 3.70. The summed E-state index contributed by atoms with van der Waals surface area (Å²) in [5.74, 6) is 0.371. The first kappa shape index (κ1) is 18.0. The molecule has 0 saturated heterocycles. The first-order chi connectivity index (χ1) is 11.8. The van der Waals surface area contributed by atoms with Crippen molar-refractivity contribution in [3.05, 3.63) is 34.8 Å². The molecule has 0 bridgehead atoms. The largest absolute Gasteiger partial charge is 0.296 e. The summed E-state index contributed by atoms with van der Waals surface area (Å²) in [7, 11) is -3.56. The smallest absolute Gasteiger partial charge is 0.257 e. The molecule has 0 aliphatic heterocycles. The second-order valence-electron chi connectivity index (χ2n) is 6.44. The van der Waals surface area contributed by atoms with Crippen molar-refractivity contribution in [2.24, 2.45) is 5.92 Å². The molecule has 1 amide bonds. The van der Waals surface area contributed by atoms with Crippen LogP contribution in [0, 0.1) is 5.92 Å². The lowest BCUT2D eigenvalue weighted by Crippen LogP contribution is -2.27. The average molecular weight is 380 g/mol. The highest BCUT2D eigenvalue weighted by molar-refractivity contribution is 7.89. The van der Waals surface area contributed by atoms with Crippen LogP contribution < -0.4 is 10.0 Å². The fourth-order valence-electron chi connectivity index (χ4n) is 2.09. The molecule has 0 unspecified atom stereocenters. The van der Waals surface area contributed by atoms with Crippen molar-refractivity contribution in [1.82, 2.24) is 14.9 Å². The van der Waals surface area contributed by atoms with Gasteiger partial charge >= 0.3 is 0 Å². The standard InChI is InChI=1S/C16H20N4O3S2/c1-10(2)9-17-25(22,23)13-7-5-11(6-8-13)14(21)18-16-20-19-15(24-16)12-3-4-12/h5-8,10,12,17H,3-4,9H2,1-2H3,(H,18,20,21). The van der Waals surface area contributed by atoms with Crippen molar-refractivity contribution in [3.63, 3.8) is 0 Å². The maximum absolute atomic E-state index is 12.2. The summed E-state index contributed by atoms with van der Waals surface area (Å²) in [6.07, 6.45) is 2.26. The molecule has 3 rings (SSSR count). The molecule has 1 saturated carbocycles. The Morgan fingerprint density at radius 2 is 1.92 bits per heavy atom. The van der Waals surface area contributed by atoms with E-state index in [0.717, 1.165) is 17.8 Å². The van der Waals surface area contributed by atoms with Crippen molar-refractivity contribution in [3.8, 4) is 0 Å². The molecule has 1 aromatic carbocycles. The third kappa shape index (κ3) is 4.62. The van der Waals surface area contributed by atoms with Gasteiger partial charge in [-0.05, 0) is 43.0 Å². The maximum Gasteiger partial charge on any atom is 0.257 e. The summed E-state index contributed by atoms with van der Waals surface area (Å²) in [6.45, 7) is 4.22. The van der Waals surface area contributed by atoms with E-state index in [4.69, 9.17) is 0 Å². The molecule has 2 aromatic rings. The number of anilines is 1. The molecule has 7 nitrogen and oxygen atoms in total. The van der Waals surface area contributed by atoms with Crippen LogP contribution in [-0.2, 0) is 10.0 Å². The van der Waals surface area contributed by atoms with Crippen LogP contribution in [-0.4, -0.2) is 31.1 Å². The van der Waals surface area contributed by atoms with Crippen LogP contribution in [0.5, 0.6) is 0 Å². The van der Waals surface area contributed by atoms with Crippen molar-refractivity contribution in [1.29, 1.82) is 0 Å². The van der Waals surface area contributed by atoms with Crippen LogP contribution in [0.25, 0.3) is 0 Å². The minimum atomic E-state index is -3.56. The van der Waals surface area contributed by atoms with Gasteiger partial charge in [-0.2, -0.15) is 0 Å². The number of nitrogens with zero attached hydrogens (tertiary/aromatic N) is 2. The number of carbonyl (C=O) groups excluding carboxylic acids is 1. The number of rotatable bonds is 7. The number of hydrogen-bond acceptors (Lipinski definition) is 6. The third-order valence-corrected chi connectivity index (χ3v) is 6.14. The summed E-state index contributed by atoms with van der Waals surface area (Å²) in [5.41, 5.74) is 0.367. The highest BCUT2D eigenvalue weighted by Gasteiger charge is 2.27. The van der Waals surface area contributed by atoms with Gasteiger partial charge in [0.25, 0.3) is 5.91 Å². The van der Waals surface area contributed by atoms with E-state index in [0.29, 0.717) is 23.2 Å². The number of nitrogens with one attached hydrogen (secondary N) is 2. The van der Waals surface area contributed by atoms with E-state index in [-0.39, 0.29) is 16.7 Å². The molecule has 1 aromatic heterocycles. The zero-order valence-electron chi connectivity index (χ0n) is 14.0. The number of hydrogen-bond donors (Lipinski definition) is 2. The Kier molecular flexibility index (Phi) is 5.16. The average Bonchev–Trinajstić information content (AvgIpc) is 3.33. The topological polar surface area (TPSA) is 101 Å². The summed E-state index contributed by atoms with van der Waals surface area (Å²) in [4.78, 5) is 12.4. The van der Waals surface area contributed by atoms with Gasteiger partial charge in [0.05, 0.1) is 4.90 Å². The fraction of sp³-hybridized carbons (Fsp3) is 0.438. The van der Waals surface area contributed by atoms with E-state index in [1.54, 1.807) is 0 Å². The molecule has 0 radical (unpaired) electrons. The molecule has 0 atom stereocenters. The minimum Gasteiger partial charge on any atom is -0.296 e. The SMILES string of the molecule is CC(C)CNS(=O)(=O)c1ccc(C(=O)Nc2nnc(C3CC3)s2)cc1. The molecule has 134 valence electrons. The van der Waals surface area contributed by atoms with E-state index >= 15 is 0 Å². The Balaban J connectivity index is 1.65. The van der Waals surface area contributed by atoms with Gasteiger partial charge in [0.1, 0.15) is 5.01 Å². The molecule has 25 heavy (non-hydrogen) atoms. The van der Waals surface area contributed by atoms with Crippen molar-refractivity contribution in [2.75, 3.05) is 11.9 Å². The Bertz CT molecular complexity index is 856. The van der Waals surface area contributed by atoms with Crippen LogP contribution in [0.15, 0.2) is 29.2 Å². The Morgan fingerprint density at radius 1 is 1.24 bits per heavy atom. The molecule has 2 N–H and O–H groups in total. The summed E-state index contributed by atoms with van der Waals surface area (Å²) in [5, 5.41) is 12.2. The second kappa shape index (κ2) is 7.19. The molecular weight excluding hydrogens is 360 g/mol. The number of carbonyl (C=O) groups is 1. The van der Waals surface area contributed by atoms with Gasteiger partial charge < -0.3 is 0 Å². The van der Waals surface area contributed by atoms with Crippen molar-refractivity contribution >= 4 is 32.4 Å². The molecule has 1 aliphatic carbocycles. The second-order valence-corrected chi connectivity index (χ2v) is 9.22. The Hall–Kier alpha value is -1.84. The van der Waals surface area contributed by atoms with Gasteiger partial charge in [0.2, 0.25) is 15.2 Å². The zero-order chi connectivity index (χ0) is 18.0. The zero-order valence-corrected chi connectivity index (χ0v) is 15.7. The predicted molar refractivity (Wildman–Crippen MR) is 96.3 cm³/mol. The maximum atomic E-state index is 12.2. The normalized spacial score (nSPS) is 14.7. The fourth-order valence-corrected chi connectivity index (χ4v) is 4.22. The van der Waals surface area contributed by atoms with Crippen LogP contribution in [0.1, 0.15) is 48.0 Å². The lowest BCUT2D eigenvalue weighted by atomic mass is 10.2. The Morgan fingerprint density at radius 3 is 2.52 bits per heavy atom. The van der Waals surface area contributed by atoms with Crippen molar-refractivity contribution < 1.29 is 13.2 Å². The molecule has 1 heterocycles. The quantitative estimate of drug-likeness (QED) is 0.769. The molecular formula is C16H20N4O3S2. The van der Waals surface area contributed by atoms with E-state index < -0.39 is 10.0 Å². The molecule has 1 fully saturated rings. The number of benzene rings is 1. The van der Waals surface area contributed by atoms with Gasteiger partial charge in [0.15, 0.2) is 0 Å². The van der Waals surface area contributed by atoms with Gasteiger partial charge in [0, 0.05) is 18.0 Å². The minimum absolute atomic E-state index is 0.136. The lowest BCUT2D eigenvalue weighted by molar-refractivity contribution is 0.102. The number of aromatic nitrogens is 2. The van der Waals surface area contributed by atoms with Gasteiger partial charge in [-0.1, -0.05) is 25.2 Å². The lowest BCUT2D eigenvalue weighted by Gasteiger charge is -2.09. The Labute approximate surface area is 150 Å². The van der Waals surface area contributed by atoms with Gasteiger partial charge in [-0.25, -0.2) is 13.1 Å².